The van der Waals surface area contributed by atoms with Crippen molar-refractivity contribution in [3.8, 4) is 0 Å². The van der Waals surface area contributed by atoms with E-state index in [4.69, 9.17) is 0 Å². The molecule has 0 radical (unpaired) electrons. The number of rotatable bonds is 10. The van der Waals surface area contributed by atoms with E-state index in [0.717, 1.165) is 0 Å². The van der Waals surface area contributed by atoms with E-state index in [2.05, 4.69) is 64.2 Å². The summed E-state index contributed by atoms with van der Waals surface area (Å²) in [6.45, 7) is 9.42. The van der Waals surface area contributed by atoms with Gasteiger partial charge in [0.25, 0.3) is 0 Å². The van der Waals surface area contributed by atoms with E-state index in [1.165, 1.54) is 51.4 Å². The molecule has 0 bridgehead atoms. The SMILES string of the molecule is CCCC1=CC=C[C]1(CCC)[Hf][C]1(CCC)C=CC=C1CCC. The summed E-state index contributed by atoms with van der Waals surface area (Å²) < 4.78 is 1.00. The molecular formula is C22H34Hf. The van der Waals surface area contributed by atoms with Gasteiger partial charge in [-0.25, -0.2) is 0 Å². The molecule has 2 aliphatic rings. The van der Waals surface area contributed by atoms with Gasteiger partial charge in [-0.05, 0) is 0 Å². The van der Waals surface area contributed by atoms with Gasteiger partial charge in [-0.3, -0.25) is 0 Å². The summed E-state index contributed by atoms with van der Waals surface area (Å²) >= 11 is -0.958. The second-order valence-electron chi connectivity index (χ2n) is 7.17. The third kappa shape index (κ3) is 4.09. The second-order valence-corrected chi connectivity index (χ2v) is 14.5. The Morgan fingerprint density at radius 2 is 1.13 bits per heavy atom. The van der Waals surface area contributed by atoms with Crippen LogP contribution in [0.15, 0.2) is 47.6 Å². The summed E-state index contributed by atoms with van der Waals surface area (Å²) in [5.41, 5.74) is 3.55. The minimum absolute atomic E-state index is 0.501. The molecule has 0 aliphatic heterocycles. The van der Waals surface area contributed by atoms with Crippen molar-refractivity contribution in [2.24, 2.45) is 0 Å². The Balaban J connectivity index is 2.33. The number of hydrogen-bond donors (Lipinski definition) is 0. The van der Waals surface area contributed by atoms with Crippen molar-refractivity contribution >= 4 is 0 Å². The van der Waals surface area contributed by atoms with Crippen LogP contribution in [0.3, 0.4) is 0 Å². The summed E-state index contributed by atoms with van der Waals surface area (Å²) in [6.07, 6.45) is 25.5. The van der Waals surface area contributed by atoms with Crippen LogP contribution in [-0.2, 0) is 22.9 Å². The Labute approximate surface area is 155 Å². The molecule has 2 atom stereocenters. The van der Waals surface area contributed by atoms with E-state index in [9.17, 15) is 0 Å². The van der Waals surface area contributed by atoms with Crippen molar-refractivity contribution in [1.82, 2.24) is 0 Å². The molecule has 0 fully saturated rings. The van der Waals surface area contributed by atoms with Crippen LogP contribution in [0.5, 0.6) is 0 Å². The molecular weight excluding hydrogens is 443 g/mol. The molecule has 1 heteroatoms. The third-order valence-corrected chi connectivity index (χ3v) is 13.8. The maximum atomic E-state index is 2.62. The van der Waals surface area contributed by atoms with Gasteiger partial charge in [0, 0.05) is 0 Å². The van der Waals surface area contributed by atoms with Gasteiger partial charge in [-0.1, -0.05) is 0 Å². The molecule has 0 aromatic heterocycles. The molecule has 2 rings (SSSR count). The van der Waals surface area contributed by atoms with Gasteiger partial charge in [0.15, 0.2) is 0 Å². The van der Waals surface area contributed by atoms with Gasteiger partial charge in [-0.15, -0.1) is 0 Å². The van der Waals surface area contributed by atoms with Crippen LogP contribution >= 0.6 is 0 Å². The normalized spacial score (nSPS) is 29.0. The minimum atomic E-state index is -0.958. The van der Waals surface area contributed by atoms with Crippen molar-refractivity contribution < 1.29 is 22.9 Å². The fraction of sp³-hybridized carbons (Fsp3) is 0.636. The van der Waals surface area contributed by atoms with E-state index in [1.54, 1.807) is 11.1 Å². The fourth-order valence-corrected chi connectivity index (χ4v) is 13.9. The first-order valence-electron chi connectivity index (χ1n) is 9.73. The van der Waals surface area contributed by atoms with Crippen LogP contribution < -0.4 is 0 Å². The van der Waals surface area contributed by atoms with Crippen molar-refractivity contribution in [2.75, 3.05) is 0 Å². The van der Waals surface area contributed by atoms with Gasteiger partial charge >= 0.3 is 156 Å². The predicted molar refractivity (Wildman–Crippen MR) is 99.5 cm³/mol. The first kappa shape index (κ1) is 19.2. The Kier molecular flexibility index (Phi) is 7.32. The zero-order valence-electron chi connectivity index (χ0n) is 15.6. The zero-order valence-corrected chi connectivity index (χ0v) is 19.2. The molecule has 0 heterocycles. The standard InChI is InChI=1S/2C11H17.Hf/c2*1-3-6-10-8-5-9-11(10)7-4-2;/h2*5,8-9H,3-4,6-7H2,1-2H3;. The van der Waals surface area contributed by atoms with Crippen molar-refractivity contribution in [1.29, 1.82) is 0 Å². The number of hydrogen-bond acceptors (Lipinski definition) is 0. The van der Waals surface area contributed by atoms with Crippen LogP contribution in [-0.4, -0.2) is 0 Å². The first-order valence-corrected chi connectivity index (χ1v) is 13.3. The Bertz CT molecular complexity index is 462. The predicted octanol–water partition coefficient (Wildman–Crippen LogP) is 7.58. The molecule has 0 saturated carbocycles. The van der Waals surface area contributed by atoms with Gasteiger partial charge in [0.2, 0.25) is 0 Å². The van der Waals surface area contributed by atoms with Crippen LogP contribution in [0.4, 0.5) is 0 Å². The van der Waals surface area contributed by atoms with E-state index >= 15 is 0 Å². The van der Waals surface area contributed by atoms with Gasteiger partial charge in [-0.2, -0.15) is 0 Å². The van der Waals surface area contributed by atoms with Crippen LogP contribution in [0.25, 0.3) is 0 Å². The third-order valence-electron chi connectivity index (χ3n) is 5.28. The van der Waals surface area contributed by atoms with Gasteiger partial charge in [0.05, 0.1) is 0 Å². The van der Waals surface area contributed by atoms with Crippen molar-refractivity contribution in [2.45, 2.75) is 85.4 Å². The zero-order chi connectivity index (χ0) is 16.8. The Hall–Kier alpha value is -0.170. The average Bonchev–Trinajstić information content (AvgIpc) is 3.07. The topological polar surface area (TPSA) is 0 Å². The van der Waals surface area contributed by atoms with Crippen LogP contribution in [0.1, 0.15) is 79.1 Å². The Morgan fingerprint density at radius 3 is 1.48 bits per heavy atom. The summed E-state index contributed by atoms with van der Waals surface area (Å²) in [4.78, 5) is 0. The molecule has 0 nitrogen and oxygen atoms in total. The molecule has 0 aromatic carbocycles. The summed E-state index contributed by atoms with van der Waals surface area (Å²) in [5.74, 6) is 0. The first-order chi connectivity index (χ1) is 11.2. The Morgan fingerprint density at radius 1 is 0.696 bits per heavy atom. The molecule has 0 spiro atoms. The molecule has 0 N–H and O–H groups in total. The maximum absolute atomic E-state index is 2.62. The van der Waals surface area contributed by atoms with Crippen LogP contribution in [0.2, 0.25) is 6.34 Å². The van der Waals surface area contributed by atoms with E-state index in [0.29, 0.717) is 6.34 Å². The summed E-state index contributed by atoms with van der Waals surface area (Å²) in [6, 6.07) is 0. The van der Waals surface area contributed by atoms with Gasteiger partial charge in [0.1, 0.15) is 0 Å². The molecule has 2 aliphatic carbocycles. The molecule has 0 amide bonds. The molecule has 2 unspecified atom stereocenters. The van der Waals surface area contributed by atoms with E-state index < -0.39 is 22.9 Å². The monoisotopic (exact) mass is 478 g/mol. The fourth-order valence-electron chi connectivity index (χ4n) is 4.36. The summed E-state index contributed by atoms with van der Waals surface area (Å²) in [5, 5.41) is 0. The number of allylic oxidation sites excluding steroid dienone is 8. The van der Waals surface area contributed by atoms with Crippen molar-refractivity contribution in [3.05, 3.63) is 47.6 Å². The second kappa shape index (κ2) is 8.79. The van der Waals surface area contributed by atoms with Crippen molar-refractivity contribution in [3.63, 3.8) is 0 Å². The van der Waals surface area contributed by atoms with E-state index in [1.807, 2.05) is 0 Å². The molecule has 0 aromatic rings. The molecule has 0 saturated heterocycles. The molecule has 23 heavy (non-hydrogen) atoms. The summed E-state index contributed by atoms with van der Waals surface area (Å²) in [7, 11) is 0. The molecule has 126 valence electrons. The quantitative estimate of drug-likeness (QED) is 0.285. The van der Waals surface area contributed by atoms with Crippen LogP contribution in [0, 0.1) is 0 Å². The van der Waals surface area contributed by atoms with Gasteiger partial charge < -0.3 is 0 Å². The average molecular weight is 477 g/mol. The van der Waals surface area contributed by atoms with E-state index in [-0.39, 0.29) is 0 Å².